The Hall–Kier alpha value is -2.06. The van der Waals surface area contributed by atoms with E-state index in [0.29, 0.717) is 22.2 Å². The zero-order chi connectivity index (χ0) is 17.6. The van der Waals surface area contributed by atoms with E-state index in [0.717, 1.165) is 23.9 Å². The maximum atomic E-state index is 13.9. The highest BCUT2D eigenvalue weighted by molar-refractivity contribution is 9.10. The van der Waals surface area contributed by atoms with Gasteiger partial charge in [-0.2, -0.15) is 0 Å². The zero-order valence-electron chi connectivity index (χ0n) is 13.3. The number of rotatable bonds is 7. The molecule has 3 aromatic rings. The molecule has 0 atom stereocenters. The Kier molecular flexibility index (Phi) is 5.93. The van der Waals surface area contributed by atoms with Crippen LogP contribution in [0.5, 0.6) is 0 Å². The topological polar surface area (TPSA) is 59.8 Å². The molecule has 130 valence electrons. The van der Waals surface area contributed by atoms with Crippen molar-refractivity contribution in [3.8, 4) is 10.6 Å². The van der Waals surface area contributed by atoms with E-state index in [4.69, 9.17) is 0 Å². The van der Waals surface area contributed by atoms with Gasteiger partial charge >= 0.3 is 0 Å². The van der Waals surface area contributed by atoms with E-state index in [9.17, 15) is 9.18 Å². The smallest absolute Gasteiger partial charge is 0.250 e. The summed E-state index contributed by atoms with van der Waals surface area (Å²) in [6.07, 6.45) is 3.56. The molecule has 0 aliphatic heterocycles. The molecule has 3 rings (SSSR count). The van der Waals surface area contributed by atoms with Crippen molar-refractivity contribution < 1.29 is 4.39 Å². The first-order valence-corrected chi connectivity index (χ1v) is 9.43. The molecule has 1 N–H and O–H groups in total. The molecular formula is C17H16BrFN4OS. The lowest BCUT2D eigenvalue weighted by Crippen LogP contribution is -2.18. The molecule has 0 aliphatic rings. The fourth-order valence-corrected chi connectivity index (χ4v) is 3.46. The van der Waals surface area contributed by atoms with E-state index < -0.39 is 0 Å². The minimum atomic E-state index is -0.320. The van der Waals surface area contributed by atoms with Gasteiger partial charge in [0.25, 0.3) is 0 Å². The zero-order valence-corrected chi connectivity index (χ0v) is 15.7. The van der Waals surface area contributed by atoms with Crippen molar-refractivity contribution in [3.63, 3.8) is 0 Å². The number of anilines is 1. The first-order chi connectivity index (χ1) is 12.1. The molecule has 0 bridgehead atoms. The van der Waals surface area contributed by atoms with Crippen molar-refractivity contribution >= 4 is 32.4 Å². The van der Waals surface area contributed by atoms with E-state index in [1.165, 1.54) is 17.4 Å². The monoisotopic (exact) mass is 422 g/mol. The van der Waals surface area contributed by atoms with E-state index >= 15 is 0 Å². The molecule has 2 aromatic heterocycles. The van der Waals surface area contributed by atoms with Gasteiger partial charge in [0.2, 0.25) is 10.7 Å². The summed E-state index contributed by atoms with van der Waals surface area (Å²) >= 11 is 4.65. The Bertz CT molecular complexity index is 911. The van der Waals surface area contributed by atoms with E-state index in [2.05, 4.69) is 31.4 Å². The Morgan fingerprint density at radius 3 is 2.92 bits per heavy atom. The molecular weight excluding hydrogens is 407 g/mol. The first-order valence-electron chi connectivity index (χ1n) is 7.82. The number of halogens is 2. The number of benzene rings is 1. The highest BCUT2D eigenvalue weighted by Crippen LogP contribution is 2.30. The van der Waals surface area contributed by atoms with Gasteiger partial charge in [-0.15, -0.1) is 10.2 Å². The van der Waals surface area contributed by atoms with Crippen LogP contribution in [0.3, 0.4) is 0 Å². The van der Waals surface area contributed by atoms with Crippen molar-refractivity contribution in [1.82, 2.24) is 14.8 Å². The van der Waals surface area contributed by atoms with Crippen molar-refractivity contribution in [3.05, 3.63) is 63.2 Å². The molecule has 0 unspecified atom stereocenters. The van der Waals surface area contributed by atoms with Crippen LogP contribution in [-0.2, 0) is 6.54 Å². The highest BCUT2D eigenvalue weighted by Gasteiger charge is 2.11. The molecule has 1 aromatic carbocycles. The van der Waals surface area contributed by atoms with Crippen LogP contribution >= 0.6 is 27.3 Å². The van der Waals surface area contributed by atoms with Gasteiger partial charge < -0.3 is 9.88 Å². The summed E-state index contributed by atoms with van der Waals surface area (Å²) in [7, 11) is 0. The number of nitrogens with one attached hydrogen (secondary N) is 1. The van der Waals surface area contributed by atoms with E-state index in [1.54, 1.807) is 35.0 Å². The number of aromatic nitrogens is 3. The number of nitrogens with zero attached hydrogens (tertiary/aromatic N) is 3. The maximum Gasteiger partial charge on any atom is 0.250 e. The molecule has 0 amide bonds. The maximum absolute atomic E-state index is 13.9. The van der Waals surface area contributed by atoms with Gasteiger partial charge in [-0.3, -0.25) is 4.79 Å². The molecule has 2 heterocycles. The van der Waals surface area contributed by atoms with Gasteiger partial charge in [-0.25, -0.2) is 4.39 Å². The van der Waals surface area contributed by atoms with Gasteiger partial charge in [-0.1, -0.05) is 33.3 Å². The molecule has 25 heavy (non-hydrogen) atoms. The molecule has 0 saturated carbocycles. The Labute approximate surface area is 156 Å². The van der Waals surface area contributed by atoms with Crippen molar-refractivity contribution in [2.24, 2.45) is 0 Å². The van der Waals surface area contributed by atoms with Gasteiger partial charge in [-0.05, 0) is 37.1 Å². The lowest BCUT2D eigenvalue weighted by molar-refractivity contribution is 0.604. The predicted molar refractivity (Wildman–Crippen MR) is 101 cm³/mol. The average Bonchev–Trinajstić information content (AvgIpc) is 3.07. The van der Waals surface area contributed by atoms with Crippen LogP contribution in [0.25, 0.3) is 10.6 Å². The SMILES string of the molecule is O=c1ccccn1CCCCNc1nnc(-c2cc(Br)ccc2F)s1. The average molecular weight is 423 g/mol. The van der Waals surface area contributed by atoms with E-state index in [-0.39, 0.29) is 11.4 Å². The standard InChI is InChI=1S/C17H16BrFN4OS/c18-12-6-7-14(19)13(11-12)16-21-22-17(25-16)20-8-2-4-10-23-9-3-1-5-15(23)24/h1,3,5-7,9,11H,2,4,8,10H2,(H,20,22). The van der Waals surface area contributed by atoms with Crippen LogP contribution in [0, 0.1) is 5.82 Å². The van der Waals surface area contributed by atoms with Crippen LogP contribution in [0.1, 0.15) is 12.8 Å². The summed E-state index contributed by atoms with van der Waals surface area (Å²) in [5.41, 5.74) is 0.448. The number of pyridine rings is 1. The Morgan fingerprint density at radius 2 is 2.08 bits per heavy atom. The minimum absolute atomic E-state index is 0.0141. The third-order valence-corrected chi connectivity index (χ3v) is 4.99. The van der Waals surface area contributed by atoms with Crippen LogP contribution in [0.15, 0.2) is 51.9 Å². The highest BCUT2D eigenvalue weighted by atomic mass is 79.9. The lowest BCUT2D eigenvalue weighted by atomic mass is 10.2. The second-order valence-electron chi connectivity index (χ2n) is 5.40. The second-order valence-corrected chi connectivity index (χ2v) is 7.30. The minimum Gasteiger partial charge on any atom is -0.360 e. The lowest BCUT2D eigenvalue weighted by Gasteiger charge is -2.05. The number of aryl methyl sites for hydroxylation is 1. The largest absolute Gasteiger partial charge is 0.360 e. The van der Waals surface area contributed by atoms with Crippen LogP contribution in [0.2, 0.25) is 0 Å². The molecule has 8 heteroatoms. The number of hydrogen-bond donors (Lipinski definition) is 1. The summed E-state index contributed by atoms with van der Waals surface area (Å²) < 4.78 is 16.4. The van der Waals surface area contributed by atoms with Gasteiger partial charge in [0.1, 0.15) is 5.82 Å². The van der Waals surface area contributed by atoms with Crippen LogP contribution in [0.4, 0.5) is 9.52 Å². The van der Waals surface area contributed by atoms with Crippen LogP contribution < -0.4 is 10.9 Å². The molecule has 0 aliphatic carbocycles. The summed E-state index contributed by atoms with van der Waals surface area (Å²) in [5, 5.41) is 12.5. The number of hydrogen-bond acceptors (Lipinski definition) is 5. The van der Waals surface area contributed by atoms with Gasteiger partial charge in [0.15, 0.2) is 5.01 Å². The molecule has 0 saturated heterocycles. The molecule has 0 spiro atoms. The normalized spacial score (nSPS) is 10.8. The summed E-state index contributed by atoms with van der Waals surface area (Å²) in [6, 6.07) is 9.89. The summed E-state index contributed by atoms with van der Waals surface area (Å²) in [4.78, 5) is 11.6. The predicted octanol–water partition coefficient (Wildman–Crippen LogP) is 4.16. The van der Waals surface area contributed by atoms with Crippen molar-refractivity contribution in [2.45, 2.75) is 19.4 Å². The van der Waals surface area contributed by atoms with Crippen molar-refractivity contribution in [1.29, 1.82) is 0 Å². The molecule has 5 nitrogen and oxygen atoms in total. The first kappa shape index (κ1) is 17.8. The van der Waals surface area contributed by atoms with Gasteiger partial charge in [0, 0.05) is 35.4 Å². The third kappa shape index (κ3) is 4.73. The Morgan fingerprint density at radius 1 is 1.20 bits per heavy atom. The fourth-order valence-electron chi connectivity index (χ4n) is 2.31. The number of unbranched alkanes of at least 4 members (excludes halogenated alkanes) is 1. The molecule has 0 radical (unpaired) electrons. The third-order valence-electron chi connectivity index (χ3n) is 3.58. The Balaban J connectivity index is 1.50. The summed E-state index contributed by atoms with van der Waals surface area (Å²) in [5.74, 6) is -0.320. The second kappa shape index (κ2) is 8.35. The van der Waals surface area contributed by atoms with Crippen molar-refractivity contribution in [2.75, 3.05) is 11.9 Å². The van der Waals surface area contributed by atoms with Crippen LogP contribution in [-0.4, -0.2) is 21.3 Å². The molecule has 0 fully saturated rings. The van der Waals surface area contributed by atoms with Gasteiger partial charge in [0.05, 0.1) is 0 Å². The fraction of sp³-hybridized carbons (Fsp3) is 0.235. The summed E-state index contributed by atoms with van der Waals surface area (Å²) in [6.45, 7) is 1.41. The quantitative estimate of drug-likeness (QED) is 0.580. The van der Waals surface area contributed by atoms with E-state index in [1.807, 2.05) is 6.07 Å².